The minimum Gasteiger partial charge on any atom is -0.487 e. The summed E-state index contributed by atoms with van der Waals surface area (Å²) in [5.41, 5.74) is 1.28. The Bertz CT molecular complexity index is 531. The van der Waals surface area contributed by atoms with Gasteiger partial charge in [0, 0.05) is 5.92 Å². The van der Waals surface area contributed by atoms with Gasteiger partial charge in [0.15, 0.2) is 0 Å². The van der Waals surface area contributed by atoms with E-state index in [1.54, 1.807) is 0 Å². The predicted octanol–water partition coefficient (Wildman–Crippen LogP) is 5.31. The zero-order valence-electron chi connectivity index (χ0n) is 13.1. The fourth-order valence-electron chi connectivity index (χ4n) is 5.72. The molecule has 0 N–H and O–H groups in total. The minimum absolute atomic E-state index is 0.117. The highest BCUT2D eigenvalue weighted by atomic mass is 16.5. The smallest absolute Gasteiger partial charge is 0.120 e. The van der Waals surface area contributed by atoms with E-state index in [-0.39, 0.29) is 5.60 Å². The zero-order valence-corrected chi connectivity index (χ0v) is 13.1. The molecule has 0 saturated heterocycles. The lowest BCUT2D eigenvalue weighted by molar-refractivity contribution is -0.0257. The summed E-state index contributed by atoms with van der Waals surface area (Å²) >= 11 is 0. The number of hydrogen-bond acceptors (Lipinski definition) is 1. The van der Waals surface area contributed by atoms with Crippen LogP contribution in [0, 0.1) is 23.7 Å². The second-order valence-corrected chi connectivity index (χ2v) is 7.36. The molecule has 112 valence electrons. The highest BCUT2D eigenvalue weighted by Crippen LogP contribution is 2.64. The molecule has 21 heavy (non-hydrogen) atoms. The van der Waals surface area contributed by atoms with E-state index in [9.17, 15) is 0 Å². The van der Waals surface area contributed by atoms with Gasteiger partial charge < -0.3 is 4.74 Å². The summed E-state index contributed by atoms with van der Waals surface area (Å²) < 4.78 is 6.62. The van der Waals surface area contributed by atoms with Crippen molar-refractivity contribution < 1.29 is 4.74 Å². The number of ether oxygens (including phenoxy) is 1. The van der Waals surface area contributed by atoms with Crippen LogP contribution in [0.4, 0.5) is 0 Å². The summed E-state index contributed by atoms with van der Waals surface area (Å²) in [5.74, 6) is 4.77. The lowest BCUT2D eigenvalue weighted by Gasteiger charge is -2.42. The predicted molar refractivity (Wildman–Crippen MR) is 87.2 cm³/mol. The van der Waals surface area contributed by atoms with Crippen LogP contribution in [0.3, 0.4) is 0 Å². The fourth-order valence-corrected chi connectivity index (χ4v) is 5.72. The Morgan fingerprint density at radius 2 is 2.00 bits per heavy atom. The van der Waals surface area contributed by atoms with Gasteiger partial charge in [-0.3, -0.25) is 0 Å². The summed E-state index contributed by atoms with van der Waals surface area (Å²) in [6.45, 7) is 6.14. The largest absolute Gasteiger partial charge is 0.487 e. The maximum atomic E-state index is 6.62. The number of rotatable bonds is 4. The molecule has 4 rings (SSSR count). The SMILES string of the molecule is C=Cc1ccc(OC2(CC)CC3CC2C2CCCC32)cc1. The van der Waals surface area contributed by atoms with E-state index in [4.69, 9.17) is 4.74 Å². The first-order chi connectivity index (χ1) is 10.3. The Morgan fingerprint density at radius 3 is 2.71 bits per heavy atom. The van der Waals surface area contributed by atoms with Gasteiger partial charge >= 0.3 is 0 Å². The molecule has 5 unspecified atom stereocenters. The minimum atomic E-state index is 0.117. The molecular weight excluding hydrogens is 256 g/mol. The second kappa shape index (κ2) is 4.90. The van der Waals surface area contributed by atoms with Gasteiger partial charge in [-0.25, -0.2) is 0 Å². The molecule has 0 spiro atoms. The Balaban J connectivity index is 1.58. The lowest BCUT2D eigenvalue weighted by atomic mass is 9.71. The average Bonchev–Trinajstić information content (AvgIpc) is 3.19. The first-order valence-corrected chi connectivity index (χ1v) is 8.67. The second-order valence-electron chi connectivity index (χ2n) is 7.36. The van der Waals surface area contributed by atoms with E-state index >= 15 is 0 Å². The van der Waals surface area contributed by atoms with Crippen molar-refractivity contribution in [2.45, 2.75) is 51.0 Å². The van der Waals surface area contributed by atoms with Crippen LogP contribution in [0.1, 0.15) is 51.0 Å². The van der Waals surface area contributed by atoms with Crippen molar-refractivity contribution in [2.24, 2.45) is 23.7 Å². The molecule has 1 heteroatoms. The third kappa shape index (κ3) is 1.97. The van der Waals surface area contributed by atoms with Gasteiger partial charge in [-0.15, -0.1) is 0 Å². The van der Waals surface area contributed by atoms with Crippen molar-refractivity contribution in [1.29, 1.82) is 0 Å². The molecule has 0 amide bonds. The average molecular weight is 282 g/mol. The maximum Gasteiger partial charge on any atom is 0.120 e. The van der Waals surface area contributed by atoms with Gasteiger partial charge in [0.1, 0.15) is 11.4 Å². The summed E-state index contributed by atoms with van der Waals surface area (Å²) in [7, 11) is 0. The van der Waals surface area contributed by atoms with E-state index in [1.807, 2.05) is 6.08 Å². The highest BCUT2D eigenvalue weighted by molar-refractivity contribution is 5.48. The van der Waals surface area contributed by atoms with Crippen LogP contribution in [-0.2, 0) is 0 Å². The van der Waals surface area contributed by atoms with Crippen LogP contribution in [0.2, 0.25) is 0 Å². The van der Waals surface area contributed by atoms with Crippen molar-refractivity contribution >= 4 is 6.08 Å². The first-order valence-electron chi connectivity index (χ1n) is 8.67. The van der Waals surface area contributed by atoms with Gasteiger partial charge in [-0.05, 0) is 67.6 Å². The van der Waals surface area contributed by atoms with Crippen LogP contribution in [0.15, 0.2) is 30.8 Å². The van der Waals surface area contributed by atoms with Crippen molar-refractivity contribution in [3.05, 3.63) is 36.4 Å². The molecule has 1 aromatic carbocycles. The molecule has 0 aliphatic heterocycles. The van der Waals surface area contributed by atoms with E-state index < -0.39 is 0 Å². The molecule has 1 aromatic rings. The van der Waals surface area contributed by atoms with Crippen LogP contribution in [-0.4, -0.2) is 5.60 Å². The molecule has 3 aliphatic carbocycles. The number of fused-ring (bicyclic) bond motifs is 5. The molecule has 0 heterocycles. The Labute approximate surface area is 128 Å². The van der Waals surface area contributed by atoms with Gasteiger partial charge in [0.25, 0.3) is 0 Å². The Kier molecular flexibility index (Phi) is 3.13. The Morgan fingerprint density at radius 1 is 1.24 bits per heavy atom. The van der Waals surface area contributed by atoms with Gasteiger partial charge in [-0.2, -0.15) is 0 Å². The normalized spacial score (nSPS) is 40.2. The topological polar surface area (TPSA) is 9.23 Å². The standard InChI is InChI=1S/C20H26O/c1-3-14-8-10-16(11-9-14)21-20(4-2)13-15-12-19(20)18-7-5-6-17(15)18/h3,8-11,15,17-19H,1,4-7,12-13H2,2H3. The molecule has 3 saturated carbocycles. The van der Waals surface area contributed by atoms with Gasteiger partial charge in [0.05, 0.1) is 0 Å². The van der Waals surface area contributed by atoms with Gasteiger partial charge in [-0.1, -0.05) is 38.1 Å². The van der Waals surface area contributed by atoms with Crippen molar-refractivity contribution in [3.8, 4) is 5.75 Å². The molecule has 2 bridgehead atoms. The lowest BCUT2D eigenvalue weighted by Crippen LogP contribution is -2.45. The van der Waals surface area contributed by atoms with Crippen LogP contribution >= 0.6 is 0 Å². The number of hydrogen-bond donors (Lipinski definition) is 0. The molecule has 3 fully saturated rings. The number of benzene rings is 1. The molecule has 0 radical (unpaired) electrons. The molecule has 3 aliphatic rings. The molecule has 0 aromatic heterocycles. The summed E-state index contributed by atoms with van der Waals surface area (Å²) in [5, 5.41) is 0. The highest BCUT2D eigenvalue weighted by Gasteiger charge is 2.61. The molecule has 1 nitrogen and oxygen atoms in total. The van der Waals surface area contributed by atoms with Crippen LogP contribution < -0.4 is 4.74 Å². The van der Waals surface area contributed by atoms with E-state index in [1.165, 1.54) is 32.1 Å². The van der Waals surface area contributed by atoms with Crippen LogP contribution in [0.25, 0.3) is 6.08 Å². The summed E-state index contributed by atoms with van der Waals surface area (Å²) in [4.78, 5) is 0. The van der Waals surface area contributed by atoms with Gasteiger partial charge in [0.2, 0.25) is 0 Å². The van der Waals surface area contributed by atoms with E-state index in [0.717, 1.165) is 41.4 Å². The van der Waals surface area contributed by atoms with Crippen molar-refractivity contribution in [1.82, 2.24) is 0 Å². The van der Waals surface area contributed by atoms with E-state index in [2.05, 4.69) is 37.8 Å². The fraction of sp³-hybridized carbons (Fsp3) is 0.600. The van der Waals surface area contributed by atoms with E-state index in [0.29, 0.717) is 0 Å². The molecular formula is C20H26O. The van der Waals surface area contributed by atoms with Crippen molar-refractivity contribution in [2.75, 3.05) is 0 Å². The monoisotopic (exact) mass is 282 g/mol. The third-order valence-electron chi connectivity index (χ3n) is 6.62. The van der Waals surface area contributed by atoms with Crippen molar-refractivity contribution in [3.63, 3.8) is 0 Å². The zero-order chi connectivity index (χ0) is 14.4. The van der Waals surface area contributed by atoms with Crippen LogP contribution in [0.5, 0.6) is 5.75 Å². The first kappa shape index (κ1) is 13.4. The molecule has 5 atom stereocenters. The maximum absolute atomic E-state index is 6.62. The quantitative estimate of drug-likeness (QED) is 0.727. The Hall–Kier alpha value is -1.24. The summed E-state index contributed by atoms with van der Waals surface area (Å²) in [6.07, 6.45) is 10.1. The summed E-state index contributed by atoms with van der Waals surface area (Å²) in [6, 6.07) is 8.45. The third-order valence-corrected chi connectivity index (χ3v) is 6.62.